The lowest BCUT2D eigenvalue weighted by Crippen LogP contribution is -1.92. The van der Waals surface area contributed by atoms with Gasteiger partial charge in [0.25, 0.3) is 5.69 Å². The van der Waals surface area contributed by atoms with Crippen LogP contribution in [0.5, 0.6) is 0 Å². The molecule has 0 aliphatic carbocycles. The van der Waals surface area contributed by atoms with Gasteiger partial charge in [-0.15, -0.1) is 0 Å². The van der Waals surface area contributed by atoms with Crippen molar-refractivity contribution < 1.29 is 10.0 Å². The number of non-ortho nitro benzene ring substituents is 1. The normalized spacial score (nSPS) is 9.62. The lowest BCUT2D eigenvalue weighted by molar-refractivity contribution is -0.384. The number of aliphatic hydroxyl groups excluding tert-OH is 1. The van der Waals surface area contributed by atoms with Crippen LogP contribution in [0.4, 0.5) is 5.69 Å². The first-order valence-corrected chi connectivity index (χ1v) is 3.68. The quantitative estimate of drug-likeness (QED) is 0.566. The summed E-state index contributed by atoms with van der Waals surface area (Å²) in [6.45, 7) is 3.38. The smallest absolute Gasteiger partial charge is 0.270 e. The van der Waals surface area contributed by atoms with Crippen molar-refractivity contribution in [3.05, 3.63) is 46.5 Å². The third-order valence-electron chi connectivity index (χ3n) is 1.66. The second-order valence-corrected chi connectivity index (χ2v) is 2.57. The molecule has 0 spiro atoms. The number of aliphatic hydroxyl groups is 1. The molecule has 0 saturated heterocycles. The molecule has 0 aromatic heterocycles. The fraction of sp³-hybridized carbons (Fsp3) is 0.111. The van der Waals surface area contributed by atoms with Crippen LogP contribution in [0.15, 0.2) is 30.8 Å². The maximum absolute atomic E-state index is 10.4. The van der Waals surface area contributed by atoms with E-state index in [0.717, 1.165) is 0 Å². The van der Waals surface area contributed by atoms with E-state index in [1.54, 1.807) is 12.1 Å². The minimum Gasteiger partial charge on any atom is -0.392 e. The van der Waals surface area contributed by atoms with Gasteiger partial charge in [-0.1, -0.05) is 18.7 Å². The zero-order valence-electron chi connectivity index (χ0n) is 6.93. The molecule has 0 unspecified atom stereocenters. The molecule has 1 aromatic carbocycles. The molecular weight excluding hydrogens is 170 g/mol. The Hall–Kier alpha value is -1.68. The predicted molar refractivity (Wildman–Crippen MR) is 49.2 cm³/mol. The molecule has 0 bridgehead atoms. The average Bonchev–Trinajstić information content (AvgIpc) is 2.17. The molecule has 0 atom stereocenters. The van der Waals surface area contributed by atoms with Crippen molar-refractivity contribution in [2.24, 2.45) is 0 Å². The SMILES string of the molecule is C=C(CO)c1cccc([N+](=O)[O-])c1. The van der Waals surface area contributed by atoms with Crippen molar-refractivity contribution in [1.82, 2.24) is 0 Å². The highest BCUT2D eigenvalue weighted by molar-refractivity contribution is 5.65. The first-order valence-electron chi connectivity index (χ1n) is 3.68. The van der Waals surface area contributed by atoms with Crippen molar-refractivity contribution >= 4 is 11.3 Å². The van der Waals surface area contributed by atoms with Gasteiger partial charge in [-0.3, -0.25) is 10.1 Å². The monoisotopic (exact) mass is 179 g/mol. The molecule has 1 N–H and O–H groups in total. The van der Waals surface area contributed by atoms with Gasteiger partial charge in [-0.05, 0) is 11.1 Å². The van der Waals surface area contributed by atoms with Crippen LogP contribution in [0.25, 0.3) is 5.57 Å². The van der Waals surface area contributed by atoms with Crippen LogP contribution in [0.3, 0.4) is 0 Å². The molecule has 0 radical (unpaired) electrons. The lowest BCUT2D eigenvalue weighted by atomic mass is 10.1. The van der Waals surface area contributed by atoms with Gasteiger partial charge in [0.1, 0.15) is 0 Å². The molecule has 13 heavy (non-hydrogen) atoms. The number of hydrogen-bond donors (Lipinski definition) is 1. The summed E-state index contributed by atoms with van der Waals surface area (Å²) in [7, 11) is 0. The first-order chi connectivity index (χ1) is 6.15. The molecule has 0 heterocycles. The van der Waals surface area contributed by atoms with Crippen LogP contribution in [0.2, 0.25) is 0 Å². The Labute approximate surface area is 75.3 Å². The van der Waals surface area contributed by atoms with Crippen molar-refractivity contribution in [2.75, 3.05) is 6.61 Å². The zero-order chi connectivity index (χ0) is 9.84. The molecule has 0 amide bonds. The van der Waals surface area contributed by atoms with E-state index in [0.29, 0.717) is 11.1 Å². The zero-order valence-corrected chi connectivity index (χ0v) is 6.93. The second-order valence-electron chi connectivity index (χ2n) is 2.57. The number of hydrogen-bond acceptors (Lipinski definition) is 3. The minimum absolute atomic E-state index is 0.00657. The van der Waals surface area contributed by atoms with Crippen molar-refractivity contribution in [1.29, 1.82) is 0 Å². The molecule has 0 fully saturated rings. The van der Waals surface area contributed by atoms with Crippen LogP contribution in [-0.2, 0) is 0 Å². The molecule has 4 heteroatoms. The van der Waals surface area contributed by atoms with E-state index in [9.17, 15) is 10.1 Å². The van der Waals surface area contributed by atoms with Gasteiger partial charge in [0.05, 0.1) is 11.5 Å². The van der Waals surface area contributed by atoms with E-state index in [1.807, 2.05) is 0 Å². The highest BCUT2D eigenvalue weighted by Crippen LogP contribution is 2.18. The summed E-state index contributed by atoms with van der Waals surface area (Å²) in [6, 6.07) is 6.02. The van der Waals surface area contributed by atoms with E-state index < -0.39 is 4.92 Å². The highest BCUT2D eigenvalue weighted by Gasteiger charge is 2.06. The molecule has 4 nitrogen and oxygen atoms in total. The molecule has 0 saturated carbocycles. The van der Waals surface area contributed by atoms with Gasteiger partial charge < -0.3 is 5.11 Å². The van der Waals surface area contributed by atoms with Crippen molar-refractivity contribution in [3.8, 4) is 0 Å². The van der Waals surface area contributed by atoms with Crippen LogP contribution in [-0.4, -0.2) is 16.6 Å². The predicted octanol–water partition coefficient (Wildman–Crippen LogP) is 1.60. The average molecular weight is 179 g/mol. The topological polar surface area (TPSA) is 63.4 Å². The standard InChI is InChI=1S/C9H9NO3/c1-7(6-11)8-3-2-4-9(5-8)10(12)13/h2-5,11H,1,6H2. The Morgan fingerprint density at radius 1 is 1.62 bits per heavy atom. The Balaban J connectivity index is 3.05. The van der Waals surface area contributed by atoms with Crippen molar-refractivity contribution in [3.63, 3.8) is 0 Å². The summed E-state index contributed by atoms with van der Waals surface area (Å²) in [4.78, 5) is 9.90. The van der Waals surface area contributed by atoms with E-state index in [4.69, 9.17) is 5.11 Å². The van der Waals surface area contributed by atoms with Crippen LogP contribution >= 0.6 is 0 Å². The minimum atomic E-state index is -0.478. The van der Waals surface area contributed by atoms with Crippen LogP contribution < -0.4 is 0 Å². The third-order valence-corrected chi connectivity index (χ3v) is 1.66. The van der Waals surface area contributed by atoms with E-state index in [-0.39, 0.29) is 12.3 Å². The number of rotatable bonds is 3. The maximum atomic E-state index is 10.4. The number of nitrogens with zero attached hydrogens (tertiary/aromatic N) is 1. The second kappa shape index (κ2) is 3.82. The van der Waals surface area contributed by atoms with Gasteiger partial charge in [0, 0.05) is 12.1 Å². The fourth-order valence-corrected chi connectivity index (χ4v) is 0.931. The van der Waals surface area contributed by atoms with Gasteiger partial charge in [0.2, 0.25) is 0 Å². The fourth-order valence-electron chi connectivity index (χ4n) is 0.931. The summed E-state index contributed by atoms with van der Waals surface area (Å²) in [5, 5.41) is 19.1. The van der Waals surface area contributed by atoms with Crippen LogP contribution in [0.1, 0.15) is 5.56 Å². The number of nitro groups is 1. The lowest BCUT2D eigenvalue weighted by Gasteiger charge is -2.00. The Bertz CT molecular complexity index is 346. The third kappa shape index (κ3) is 2.13. The first kappa shape index (κ1) is 9.41. The van der Waals surface area contributed by atoms with Gasteiger partial charge in [-0.2, -0.15) is 0 Å². The van der Waals surface area contributed by atoms with E-state index in [1.165, 1.54) is 12.1 Å². The van der Waals surface area contributed by atoms with E-state index in [2.05, 4.69) is 6.58 Å². The molecular formula is C9H9NO3. The molecule has 0 aliphatic rings. The summed E-state index contributed by atoms with van der Waals surface area (Å²) in [5.74, 6) is 0. The van der Waals surface area contributed by atoms with Gasteiger partial charge >= 0.3 is 0 Å². The molecule has 1 rings (SSSR count). The summed E-state index contributed by atoms with van der Waals surface area (Å²) >= 11 is 0. The van der Waals surface area contributed by atoms with Gasteiger partial charge in [0.15, 0.2) is 0 Å². The highest BCUT2D eigenvalue weighted by atomic mass is 16.6. The Kier molecular flexibility index (Phi) is 2.76. The maximum Gasteiger partial charge on any atom is 0.270 e. The van der Waals surface area contributed by atoms with Crippen molar-refractivity contribution in [2.45, 2.75) is 0 Å². The number of nitro benzene ring substituents is 1. The summed E-state index contributed by atoms with van der Waals surface area (Å²) < 4.78 is 0. The number of benzene rings is 1. The Morgan fingerprint density at radius 3 is 2.85 bits per heavy atom. The van der Waals surface area contributed by atoms with Crippen LogP contribution in [0, 0.1) is 10.1 Å². The Morgan fingerprint density at radius 2 is 2.31 bits per heavy atom. The molecule has 68 valence electrons. The summed E-state index contributed by atoms with van der Waals surface area (Å²) in [5.41, 5.74) is 1.08. The largest absolute Gasteiger partial charge is 0.392 e. The van der Waals surface area contributed by atoms with E-state index >= 15 is 0 Å². The summed E-state index contributed by atoms with van der Waals surface area (Å²) in [6.07, 6.45) is 0. The molecule has 1 aromatic rings. The molecule has 0 aliphatic heterocycles. The van der Waals surface area contributed by atoms with Gasteiger partial charge in [-0.25, -0.2) is 0 Å².